The van der Waals surface area contributed by atoms with Crippen molar-refractivity contribution in [1.29, 1.82) is 5.26 Å². The quantitative estimate of drug-likeness (QED) is 0.736. The molecule has 0 bridgehead atoms. The summed E-state index contributed by atoms with van der Waals surface area (Å²) in [5, 5.41) is 8.79. The van der Waals surface area contributed by atoms with Crippen LogP contribution in [-0.4, -0.2) is 39.0 Å². The van der Waals surface area contributed by atoms with Gasteiger partial charge in [0, 0.05) is 30.9 Å². The van der Waals surface area contributed by atoms with Gasteiger partial charge in [-0.2, -0.15) is 5.26 Å². The van der Waals surface area contributed by atoms with Crippen molar-refractivity contribution in [1.82, 2.24) is 19.9 Å². The zero-order chi connectivity index (χ0) is 19.7. The van der Waals surface area contributed by atoms with Crippen molar-refractivity contribution in [3.63, 3.8) is 0 Å². The van der Waals surface area contributed by atoms with E-state index in [9.17, 15) is 4.79 Å². The lowest BCUT2D eigenvalue weighted by Gasteiger charge is -2.42. The number of nitrogens with one attached hydrogen (secondary N) is 1. The highest BCUT2D eigenvalue weighted by atomic mass is 16.5. The van der Waals surface area contributed by atoms with Crippen molar-refractivity contribution in [3.05, 3.63) is 63.8 Å². The number of rotatable bonds is 5. The van der Waals surface area contributed by atoms with E-state index >= 15 is 0 Å². The number of H-pyrrole nitrogens is 1. The molecular weight excluding hydrogens is 354 g/mol. The Morgan fingerprint density at radius 1 is 1.32 bits per heavy atom. The van der Waals surface area contributed by atoms with Crippen LogP contribution in [0.5, 0.6) is 5.75 Å². The SMILES string of the molecule is CCc1cc2ncc([C@H](C)N3CC(Oc4ccc(C#N)nc4)C3)cc2[nH]c1=O. The summed E-state index contributed by atoms with van der Waals surface area (Å²) in [6.45, 7) is 5.68. The molecule has 4 rings (SSSR count). The predicted octanol–water partition coefficient (Wildman–Crippen LogP) is 2.58. The fourth-order valence-corrected chi connectivity index (χ4v) is 3.41. The number of aromatic nitrogens is 3. The van der Waals surface area contributed by atoms with Gasteiger partial charge in [-0.3, -0.25) is 14.7 Å². The van der Waals surface area contributed by atoms with Gasteiger partial charge in [0.15, 0.2) is 0 Å². The van der Waals surface area contributed by atoms with Crippen molar-refractivity contribution in [2.45, 2.75) is 32.4 Å². The van der Waals surface area contributed by atoms with Gasteiger partial charge in [-0.25, -0.2) is 4.98 Å². The fourth-order valence-electron chi connectivity index (χ4n) is 3.41. The summed E-state index contributed by atoms with van der Waals surface area (Å²) in [6, 6.07) is 9.46. The molecule has 3 aromatic rings. The first kappa shape index (κ1) is 18.1. The van der Waals surface area contributed by atoms with E-state index in [1.165, 1.54) is 0 Å². The molecule has 0 amide bonds. The Bertz CT molecular complexity index is 1090. The number of aryl methyl sites for hydroxylation is 1. The van der Waals surface area contributed by atoms with Crippen LogP contribution in [0, 0.1) is 11.3 Å². The lowest BCUT2D eigenvalue weighted by molar-refractivity contribution is -0.00545. The highest BCUT2D eigenvalue weighted by molar-refractivity contribution is 5.75. The zero-order valence-corrected chi connectivity index (χ0v) is 15.8. The molecule has 142 valence electrons. The van der Waals surface area contributed by atoms with Crippen molar-refractivity contribution >= 4 is 11.0 Å². The number of fused-ring (bicyclic) bond motifs is 1. The van der Waals surface area contributed by atoms with Gasteiger partial charge in [0.25, 0.3) is 5.56 Å². The topological polar surface area (TPSA) is 94.9 Å². The van der Waals surface area contributed by atoms with Gasteiger partial charge >= 0.3 is 0 Å². The highest BCUT2D eigenvalue weighted by Gasteiger charge is 2.32. The molecule has 1 atom stereocenters. The Kier molecular flexibility index (Phi) is 4.80. The number of nitrogens with zero attached hydrogens (tertiary/aromatic N) is 4. The van der Waals surface area contributed by atoms with Crippen molar-refractivity contribution < 1.29 is 4.74 Å². The Morgan fingerprint density at radius 3 is 2.82 bits per heavy atom. The summed E-state index contributed by atoms with van der Waals surface area (Å²) < 4.78 is 5.90. The minimum absolute atomic E-state index is 0.0463. The van der Waals surface area contributed by atoms with Crippen molar-refractivity contribution in [2.24, 2.45) is 0 Å². The van der Waals surface area contributed by atoms with Crippen molar-refractivity contribution in [3.8, 4) is 11.8 Å². The highest BCUT2D eigenvalue weighted by Crippen LogP contribution is 2.28. The van der Waals surface area contributed by atoms with Crippen LogP contribution in [0.25, 0.3) is 11.0 Å². The van der Waals surface area contributed by atoms with Gasteiger partial charge in [-0.15, -0.1) is 0 Å². The molecule has 0 saturated carbocycles. The zero-order valence-electron chi connectivity index (χ0n) is 15.8. The summed E-state index contributed by atoms with van der Waals surface area (Å²) in [4.78, 5) is 25.9. The van der Waals surface area contributed by atoms with Crippen LogP contribution < -0.4 is 10.3 Å². The largest absolute Gasteiger partial charge is 0.486 e. The third-order valence-corrected chi connectivity index (χ3v) is 5.23. The molecule has 1 N–H and O–H groups in total. The van der Waals surface area contributed by atoms with Crippen LogP contribution in [0.15, 0.2) is 41.5 Å². The van der Waals surface area contributed by atoms with E-state index in [4.69, 9.17) is 10.00 Å². The van der Waals surface area contributed by atoms with E-state index < -0.39 is 0 Å². The Labute approximate surface area is 162 Å². The van der Waals surface area contributed by atoms with Gasteiger partial charge in [0.1, 0.15) is 23.6 Å². The maximum atomic E-state index is 12.1. The van der Waals surface area contributed by atoms with E-state index in [1.807, 2.05) is 31.3 Å². The average molecular weight is 375 g/mol. The number of nitriles is 1. The van der Waals surface area contributed by atoms with Crippen LogP contribution in [0.1, 0.15) is 36.7 Å². The maximum absolute atomic E-state index is 12.1. The van der Waals surface area contributed by atoms with Gasteiger partial charge in [0.05, 0.1) is 17.2 Å². The molecule has 0 aromatic carbocycles. The second-order valence-electron chi connectivity index (χ2n) is 7.04. The molecule has 0 aliphatic carbocycles. The third kappa shape index (κ3) is 3.47. The van der Waals surface area contributed by atoms with Crippen LogP contribution in [0.3, 0.4) is 0 Å². The normalized spacial score (nSPS) is 15.8. The van der Waals surface area contributed by atoms with Crippen LogP contribution in [0.4, 0.5) is 0 Å². The molecule has 28 heavy (non-hydrogen) atoms. The molecular formula is C21H21N5O2. The lowest BCUT2D eigenvalue weighted by atomic mass is 10.0. The van der Waals surface area contributed by atoms with Crippen molar-refractivity contribution in [2.75, 3.05) is 13.1 Å². The molecule has 7 heteroatoms. The standard InChI is InChI=1S/C21H21N5O2/c1-3-14-6-19-20(25-21(14)27)7-15(9-24-19)13(2)26-11-18(12-26)28-17-5-4-16(8-22)23-10-17/h4-7,9-10,13,18H,3,11-12H2,1-2H3,(H,25,27)/t13-/m0/s1. The van der Waals surface area contributed by atoms with Crippen LogP contribution in [-0.2, 0) is 6.42 Å². The van der Waals surface area contributed by atoms with Gasteiger partial charge in [-0.1, -0.05) is 6.92 Å². The molecule has 1 saturated heterocycles. The summed E-state index contributed by atoms with van der Waals surface area (Å²) in [6.07, 6.45) is 4.25. The van der Waals surface area contributed by atoms with E-state index in [0.717, 1.165) is 35.2 Å². The van der Waals surface area contributed by atoms with Gasteiger partial charge in [-0.05, 0) is 43.2 Å². The predicted molar refractivity (Wildman–Crippen MR) is 105 cm³/mol. The van der Waals surface area contributed by atoms with Gasteiger partial charge in [0.2, 0.25) is 0 Å². The minimum Gasteiger partial charge on any atom is -0.486 e. The number of hydrogen-bond donors (Lipinski definition) is 1. The summed E-state index contributed by atoms with van der Waals surface area (Å²) >= 11 is 0. The Hall–Kier alpha value is -3.24. The van der Waals surface area contributed by atoms with Gasteiger partial charge < -0.3 is 9.72 Å². The van der Waals surface area contributed by atoms with E-state index in [-0.39, 0.29) is 17.7 Å². The molecule has 0 radical (unpaired) electrons. The summed E-state index contributed by atoms with van der Waals surface area (Å²) in [7, 11) is 0. The average Bonchev–Trinajstić information content (AvgIpc) is 2.69. The summed E-state index contributed by atoms with van der Waals surface area (Å²) in [5.41, 5.74) is 3.72. The first-order valence-electron chi connectivity index (χ1n) is 9.36. The molecule has 7 nitrogen and oxygen atoms in total. The molecule has 3 aromatic heterocycles. The summed E-state index contributed by atoms with van der Waals surface area (Å²) in [5.74, 6) is 0.674. The molecule has 4 heterocycles. The van der Waals surface area contributed by atoms with Crippen LogP contribution in [0.2, 0.25) is 0 Å². The number of pyridine rings is 3. The fraction of sp³-hybridized carbons (Fsp3) is 0.333. The smallest absolute Gasteiger partial charge is 0.251 e. The Morgan fingerprint density at radius 2 is 2.14 bits per heavy atom. The first-order chi connectivity index (χ1) is 13.6. The van der Waals surface area contributed by atoms with E-state index in [1.54, 1.807) is 18.3 Å². The number of likely N-dealkylation sites (tertiary alicyclic amines) is 1. The second-order valence-corrected chi connectivity index (χ2v) is 7.04. The first-order valence-corrected chi connectivity index (χ1v) is 9.36. The molecule has 0 unspecified atom stereocenters. The van der Waals surface area contributed by atoms with E-state index in [2.05, 4.69) is 26.8 Å². The minimum atomic E-state index is -0.0463. The second kappa shape index (κ2) is 7.41. The third-order valence-electron chi connectivity index (χ3n) is 5.23. The van der Waals surface area contributed by atoms with Crippen LogP contribution >= 0.6 is 0 Å². The molecule has 0 spiro atoms. The number of aromatic amines is 1. The number of hydrogen-bond acceptors (Lipinski definition) is 6. The monoisotopic (exact) mass is 375 g/mol. The lowest BCUT2D eigenvalue weighted by Crippen LogP contribution is -2.54. The maximum Gasteiger partial charge on any atom is 0.251 e. The Balaban J connectivity index is 1.42. The molecule has 1 fully saturated rings. The van der Waals surface area contributed by atoms with E-state index in [0.29, 0.717) is 17.9 Å². The molecule has 1 aliphatic heterocycles. The number of ether oxygens (including phenoxy) is 1. The molecule has 1 aliphatic rings.